The van der Waals surface area contributed by atoms with E-state index in [0.29, 0.717) is 11.2 Å². The molecular formula is C14H19Cl2NS. The highest BCUT2D eigenvalue weighted by Crippen LogP contribution is 2.41. The Balaban J connectivity index is 2.15. The van der Waals surface area contributed by atoms with Gasteiger partial charge in [0.1, 0.15) is 0 Å². The van der Waals surface area contributed by atoms with Gasteiger partial charge in [-0.05, 0) is 42.9 Å². The Morgan fingerprint density at radius 1 is 1.22 bits per heavy atom. The minimum Gasteiger partial charge on any atom is -0.327 e. The number of rotatable bonds is 2. The number of nitrogens with two attached hydrogens (primary N) is 1. The van der Waals surface area contributed by atoms with E-state index >= 15 is 0 Å². The fraction of sp³-hybridized carbons (Fsp3) is 0.571. The SMILES string of the molecule is CC1CC(C)C(Sc2cc(Cl)ccc2Cl)C(N)C1. The van der Waals surface area contributed by atoms with Crippen LogP contribution in [0.4, 0.5) is 0 Å². The van der Waals surface area contributed by atoms with E-state index in [0.717, 1.165) is 27.3 Å². The van der Waals surface area contributed by atoms with Crippen molar-refractivity contribution in [2.75, 3.05) is 0 Å². The number of hydrogen-bond donors (Lipinski definition) is 1. The van der Waals surface area contributed by atoms with Crippen molar-refractivity contribution in [1.82, 2.24) is 0 Å². The molecular weight excluding hydrogens is 285 g/mol. The zero-order chi connectivity index (χ0) is 13.3. The van der Waals surface area contributed by atoms with E-state index in [4.69, 9.17) is 28.9 Å². The Labute approximate surface area is 123 Å². The summed E-state index contributed by atoms with van der Waals surface area (Å²) in [5, 5.41) is 1.92. The van der Waals surface area contributed by atoms with Gasteiger partial charge in [-0.2, -0.15) is 0 Å². The minimum atomic E-state index is 0.240. The molecule has 0 spiro atoms. The van der Waals surface area contributed by atoms with Gasteiger partial charge in [0.2, 0.25) is 0 Å². The van der Waals surface area contributed by atoms with Gasteiger partial charge in [-0.25, -0.2) is 0 Å². The van der Waals surface area contributed by atoms with Gasteiger partial charge in [-0.15, -0.1) is 11.8 Å². The molecule has 4 atom stereocenters. The first-order valence-electron chi connectivity index (χ1n) is 6.34. The third kappa shape index (κ3) is 3.36. The number of halogens is 2. The summed E-state index contributed by atoms with van der Waals surface area (Å²) in [6.07, 6.45) is 2.34. The Morgan fingerprint density at radius 2 is 1.94 bits per heavy atom. The molecule has 1 aromatic carbocycles. The van der Waals surface area contributed by atoms with Crippen LogP contribution in [0, 0.1) is 11.8 Å². The summed E-state index contributed by atoms with van der Waals surface area (Å²) in [5.41, 5.74) is 6.30. The third-order valence-electron chi connectivity index (χ3n) is 3.59. The molecule has 1 aliphatic carbocycles. The van der Waals surface area contributed by atoms with Crippen molar-refractivity contribution in [3.63, 3.8) is 0 Å². The first-order chi connectivity index (χ1) is 8.47. The molecule has 4 heteroatoms. The summed E-state index contributed by atoms with van der Waals surface area (Å²) in [5.74, 6) is 1.34. The maximum Gasteiger partial charge on any atom is 0.0543 e. The van der Waals surface area contributed by atoms with Gasteiger partial charge in [0.25, 0.3) is 0 Å². The van der Waals surface area contributed by atoms with Gasteiger partial charge in [-0.1, -0.05) is 37.0 Å². The van der Waals surface area contributed by atoms with Crippen LogP contribution < -0.4 is 5.73 Å². The van der Waals surface area contributed by atoms with E-state index < -0.39 is 0 Å². The first kappa shape index (κ1) is 14.5. The summed E-state index contributed by atoms with van der Waals surface area (Å²) >= 11 is 14.0. The molecule has 18 heavy (non-hydrogen) atoms. The van der Waals surface area contributed by atoms with Crippen LogP contribution in [0.15, 0.2) is 23.1 Å². The number of hydrogen-bond acceptors (Lipinski definition) is 2. The van der Waals surface area contributed by atoms with Gasteiger partial charge in [-0.3, -0.25) is 0 Å². The number of benzene rings is 1. The largest absolute Gasteiger partial charge is 0.327 e. The highest BCUT2D eigenvalue weighted by atomic mass is 35.5. The van der Waals surface area contributed by atoms with Crippen molar-refractivity contribution in [2.24, 2.45) is 17.6 Å². The van der Waals surface area contributed by atoms with Crippen molar-refractivity contribution in [1.29, 1.82) is 0 Å². The maximum absolute atomic E-state index is 6.30. The molecule has 1 saturated carbocycles. The quantitative estimate of drug-likeness (QED) is 0.845. The summed E-state index contributed by atoms with van der Waals surface area (Å²) in [4.78, 5) is 1.05. The molecule has 0 radical (unpaired) electrons. The molecule has 1 aliphatic rings. The predicted octanol–water partition coefficient (Wildman–Crippen LogP) is 4.85. The molecule has 1 fully saturated rings. The average molecular weight is 304 g/mol. The van der Waals surface area contributed by atoms with Crippen LogP contribution >= 0.6 is 35.0 Å². The molecule has 0 bridgehead atoms. The molecule has 1 aromatic rings. The summed E-state index contributed by atoms with van der Waals surface area (Å²) in [7, 11) is 0. The van der Waals surface area contributed by atoms with Crippen LogP contribution in [-0.2, 0) is 0 Å². The van der Waals surface area contributed by atoms with Crippen LogP contribution in [0.2, 0.25) is 10.0 Å². The number of thioether (sulfide) groups is 1. The van der Waals surface area contributed by atoms with Crippen molar-refractivity contribution in [3.8, 4) is 0 Å². The van der Waals surface area contributed by atoms with Crippen LogP contribution in [0.3, 0.4) is 0 Å². The normalized spacial score (nSPS) is 32.5. The third-order valence-corrected chi connectivity index (χ3v) is 5.94. The smallest absolute Gasteiger partial charge is 0.0543 e. The van der Waals surface area contributed by atoms with E-state index in [1.54, 1.807) is 11.8 Å². The van der Waals surface area contributed by atoms with E-state index in [1.165, 1.54) is 6.42 Å². The fourth-order valence-electron chi connectivity index (χ4n) is 2.80. The van der Waals surface area contributed by atoms with Crippen LogP contribution in [0.25, 0.3) is 0 Å². The van der Waals surface area contributed by atoms with Crippen molar-refractivity contribution >= 4 is 35.0 Å². The molecule has 0 heterocycles. The van der Waals surface area contributed by atoms with Gasteiger partial charge >= 0.3 is 0 Å². The lowest BCUT2D eigenvalue weighted by molar-refractivity contribution is 0.279. The van der Waals surface area contributed by atoms with E-state index in [-0.39, 0.29) is 6.04 Å². The monoisotopic (exact) mass is 303 g/mol. The lowest BCUT2D eigenvalue weighted by Gasteiger charge is -2.37. The molecule has 4 unspecified atom stereocenters. The minimum absolute atomic E-state index is 0.240. The molecule has 0 aliphatic heterocycles. The van der Waals surface area contributed by atoms with E-state index in [9.17, 15) is 0 Å². The second-order valence-corrected chi connectivity index (χ2v) is 7.44. The fourth-order valence-corrected chi connectivity index (χ4v) is 4.59. The van der Waals surface area contributed by atoms with Crippen molar-refractivity contribution in [2.45, 2.75) is 42.9 Å². The molecule has 0 aromatic heterocycles. The second kappa shape index (κ2) is 6.04. The summed E-state index contributed by atoms with van der Waals surface area (Å²) < 4.78 is 0. The summed E-state index contributed by atoms with van der Waals surface area (Å²) in [6, 6.07) is 5.85. The lowest BCUT2D eigenvalue weighted by Crippen LogP contribution is -2.42. The Kier molecular flexibility index (Phi) is 4.87. The van der Waals surface area contributed by atoms with Gasteiger partial charge in [0, 0.05) is 21.2 Å². The average Bonchev–Trinajstić information content (AvgIpc) is 2.28. The summed E-state index contributed by atoms with van der Waals surface area (Å²) in [6.45, 7) is 4.56. The van der Waals surface area contributed by atoms with Crippen LogP contribution in [0.1, 0.15) is 26.7 Å². The molecule has 0 amide bonds. The van der Waals surface area contributed by atoms with E-state index in [2.05, 4.69) is 13.8 Å². The van der Waals surface area contributed by atoms with Gasteiger partial charge in [0.15, 0.2) is 0 Å². The predicted molar refractivity (Wildman–Crippen MR) is 81.6 cm³/mol. The highest BCUT2D eigenvalue weighted by molar-refractivity contribution is 8.00. The lowest BCUT2D eigenvalue weighted by atomic mass is 9.80. The zero-order valence-corrected chi connectivity index (χ0v) is 13.0. The van der Waals surface area contributed by atoms with Crippen LogP contribution in [-0.4, -0.2) is 11.3 Å². The van der Waals surface area contributed by atoms with E-state index in [1.807, 2.05) is 18.2 Å². The zero-order valence-electron chi connectivity index (χ0n) is 10.7. The molecule has 0 saturated heterocycles. The maximum atomic E-state index is 6.30. The van der Waals surface area contributed by atoms with Crippen molar-refractivity contribution < 1.29 is 0 Å². The topological polar surface area (TPSA) is 26.0 Å². The Bertz CT molecular complexity index is 412. The second-order valence-electron chi connectivity index (χ2n) is 5.37. The molecule has 2 N–H and O–H groups in total. The van der Waals surface area contributed by atoms with Gasteiger partial charge < -0.3 is 5.73 Å². The molecule has 100 valence electrons. The molecule has 2 rings (SSSR count). The molecule has 1 nitrogen and oxygen atoms in total. The van der Waals surface area contributed by atoms with Crippen LogP contribution in [0.5, 0.6) is 0 Å². The first-order valence-corrected chi connectivity index (χ1v) is 7.98. The van der Waals surface area contributed by atoms with Gasteiger partial charge in [0.05, 0.1) is 5.02 Å². The Hall–Kier alpha value is 0.110. The standard InChI is InChI=1S/C14H19Cl2NS/c1-8-5-9(2)14(12(17)6-8)18-13-7-10(15)3-4-11(13)16/h3-4,7-9,12,14H,5-6,17H2,1-2H3. The highest BCUT2D eigenvalue weighted by Gasteiger charge is 2.32. The van der Waals surface area contributed by atoms with Crippen molar-refractivity contribution in [3.05, 3.63) is 28.2 Å². The Morgan fingerprint density at radius 3 is 2.61 bits per heavy atom.